The Hall–Kier alpha value is -4.75. The van der Waals surface area contributed by atoms with Gasteiger partial charge < -0.3 is 53.6 Å². The van der Waals surface area contributed by atoms with Crippen molar-refractivity contribution in [3.05, 3.63) is 35.9 Å². The van der Waals surface area contributed by atoms with Crippen LogP contribution < -0.4 is 43.4 Å². The zero-order valence-electron chi connectivity index (χ0n) is 31.4. The number of aliphatic hydroxyl groups excluding tert-OH is 1. The summed E-state index contributed by atoms with van der Waals surface area (Å²) in [5.74, 6) is -6.34. The number of aliphatic hydroxyl groups is 1. The molecule has 0 saturated carbocycles. The summed E-state index contributed by atoms with van der Waals surface area (Å²) >= 11 is 1.49. The van der Waals surface area contributed by atoms with Gasteiger partial charge in [0.1, 0.15) is 30.2 Å². The molecule has 0 radical (unpaired) electrons. The zero-order valence-corrected chi connectivity index (χ0v) is 32.2. The fourth-order valence-corrected chi connectivity index (χ4v) is 5.52. The molecule has 0 fully saturated rings. The molecule has 18 nitrogen and oxygen atoms in total. The van der Waals surface area contributed by atoms with Crippen molar-refractivity contribution in [3.8, 4) is 0 Å². The molecule has 0 spiro atoms. The first-order valence-corrected chi connectivity index (χ1v) is 19.0. The van der Waals surface area contributed by atoms with Gasteiger partial charge in [0.25, 0.3) is 0 Å². The fraction of sp³-hybridized carbons (Fsp3) is 0.600. The molecule has 1 aromatic carbocycles. The number of carboxylic acid groups (broad SMARTS) is 1. The van der Waals surface area contributed by atoms with Crippen LogP contribution in [0.5, 0.6) is 0 Å². The lowest BCUT2D eigenvalue weighted by molar-refractivity contribution is -0.140. The van der Waals surface area contributed by atoms with Crippen molar-refractivity contribution in [1.29, 1.82) is 0 Å². The van der Waals surface area contributed by atoms with E-state index < -0.39 is 103 Å². The Labute approximate surface area is 319 Å². The lowest BCUT2D eigenvalue weighted by Crippen LogP contribution is -2.59. The van der Waals surface area contributed by atoms with Gasteiger partial charge >= 0.3 is 5.97 Å². The van der Waals surface area contributed by atoms with Gasteiger partial charge in [-0.1, -0.05) is 58.0 Å². The molecule has 1 rings (SSSR count). The van der Waals surface area contributed by atoms with E-state index in [1.54, 1.807) is 44.2 Å². The second kappa shape index (κ2) is 24.5. The van der Waals surface area contributed by atoms with E-state index in [9.17, 15) is 43.5 Å². The van der Waals surface area contributed by atoms with E-state index in [1.807, 2.05) is 20.1 Å². The summed E-state index contributed by atoms with van der Waals surface area (Å²) in [4.78, 5) is 101. The molecular formula is C35H56N8O10S. The Balaban J connectivity index is 3.00. The topological polar surface area (TPSA) is 301 Å². The highest BCUT2D eigenvalue weighted by atomic mass is 32.2. The van der Waals surface area contributed by atoms with Crippen molar-refractivity contribution in [2.24, 2.45) is 23.3 Å². The molecular weight excluding hydrogens is 724 g/mol. The van der Waals surface area contributed by atoms with Crippen molar-refractivity contribution < 1.29 is 48.6 Å². The maximum Gasteiger partial charge on any atom is 0.305 e. The van der Waals surface area contributed by atoms with Crippen molar-refractivity contribution in [2.75, 3.05) is 25.2 Å². The first kappa shape index (κ1) is 47.3. The van der Waals surface area contributed by atoms with E-state index in [1.165, 1.54) is 11.8 Å². The summed E-state index contributed by atoms with van der Waals surface area (Å²) in [5.41, 5.74) is 11.6. The smallest absolute Gasteiger partial charge is 0.305 e. The molecule has 0 heterocycles. The number of benzene rings is 1. The largest absolute Gasteiger partial charge is 0.481 e. The van der Waals surface area contributed by atoms with Crippen LogP contribution in [-0.2, 0) is 44.8 Å². The second-order valence-electron chi connectivity index (χ2n) is 13.5. The molecule has 0 saturated heterocycles. The minimum absolute atomic E-state index is 0.0142. The molecule has 1 aromatic rings. The number of nitrogens with two attached hydrogens (primary N) is 2. The number of aliphatic carboxylic acids is 1. The van der Waals surface area contributed by atoms with Crippen molar-refractivity contribution in [2.45, 2.75) is 96.1 Å². The van der Waals surface area contributed by atoms with Gasteiger partial charge in [0.2, 0.25) is 41.4 Å². The fourth-order valence-electron chi connectivity index (χ4n) is 5.05. The van der Waals surface area contributed by atoms with Crippen LogP contribution in [0, 0.1) is 11.8 Å². The molecule has 54 heavy (non-hydrogen) atoms. The Morgan fingerprint density at radius 3 is 1.87 bits per heavy atom. The predicted octanol–water partition coefficient (Wildman–Crippen LogP) is -2.11. The lowest BCUT2D eigenvalue weighted by atomic mass is 10.0. The van der Waals surface area contributed by atoms with Gasteiger partial charge in [-0.25, -0.2) is 0 Å². The van der Waals surface area contributed by atoms with Gasteiger partial charge in [0.15, 0.2) is 0 Å². The van der Waals surface area contributed by atoms with Gasteiger partial charge in [-0.05, 0) is 42.2 Å². The highest BCUT2D eigenvalue weighted by molar-refractivity contribution is 7.98. The number of carboxylic acids is 1. The zero-order chi connectivity index (χ0) is 41.0. The van der Waals surface area contributed by atoms with Gasteiger partial charge in [-0.2, -0.15) is 11.8 Å². The third kappa shape index (κ3) is 17.8. The van der Waals surface area contributed by atoms with Crippen LogP contribution in [0.2, 0.25) is 0 Å². The maximum absolute atomic E-state index is 13.6. The second-order valence-corrected chi connectivity index (χ2v) is 14.5. The molecule has 0 aliphatic carbocycles. The Morgan fingerprint density at radius 1 is 0.759 bits per heavy atom. The standard InChI is InChI=1S/C35H56N8O10S/c1-19(2)15-24(32(50)40-23(30(37)48)12-14-54-5)39-27(45)11-13-38-35(53)29(20(3)4)43-33(51)25(16-21-9-7-6-8-10-21)41-34(52)26(18-44)42-31(49)22(36)17-28(46)47/h6-10,19-20,22-26,29,44H,11-18,36H2,1-5H3,(H2,37,48)(H,38,53)(H,39,45)(H,40,50)(H,41,52)(H,42,49)(H,43,51)(H,46,47)/t22?,23-,24-,25-,26-,29-/m0/s1. The molecule has 302 valence electrons. The average molecular weight is 781 g/mol. The van der Waals surface area contributed by atoms with Crippen molar-refractivity contribution >= 4 is 59.1 Å². The summed E-state index contributed by atoms with van der Waals surface area (Å²) in [6, 6.07) is 1.26. The Bertz CT molecular complexity index is 1430. The molecule has 0 bridgehead atoms. The third-order valence-corrected chi connectivity index (χ3v) is 8.63. The minimum Gasteiger partial charge on any atom is -0.481 e. The minimum atomic E-state index is -1.57. The highest BCUT2D eigenvalue weighted by Gasteiger charge is 2.32. The van der Waals surface area contributed by atoms with Crippen LogP contribution in [0.25, 0.3) is 0 Å². The van der Waals surface area contributed by atoms with Crippen LogP contribution in [0.15, 0.2) is 30.3 Å². The van der Waals surface area contributed by atoms with E-state index >= 15 is 0 Å². The first-order chi connectivity index (χ1) is 25.4. The molecule has 0 aliphatic rings. The quantitative estimate of drug-likeness (QED) is 0.0510. The van der Waals surface area contributed by atoms with Crippen molar-refractivity contribution in [1.82, 2.24) is 31.9 Å². The average Bonchev–Trinajstić information content (AvgIpc) is 3.09. The number of rotatable bonds is 25. The van der Waals surface area contributed by atoms with E-state index in [2.05, 4.69) is 31.9 Å². The molecule has 19 heteroatoms. The van der Waals surface area contributed by atoms with Crippen LogP contribution in [-0.4, -0.2) is 119 Å². The summed E-state index contributed by atoms with van der Waals surface area (Å²) in [5, 5.41) is 33.9. The third-order valence-electron chi connectivity index (χ3n) is 7.99. The number of hydrogen-bond donors (Lipinski definition) is 10. The van der Waals surface area contributed by atoms with Gasteiger partial charge in [-0.15, -0.1) is 0 Å². The van der Waals surface area contributed by atoms with Gasteiger partial charge in [0, 0.05) is 19.4 Å². The Morgan fingerprint density at radius 2 is 1.33 bits per heavy atom. The maximum atomic E-state index is 13.6. The van der Waals surface area contributed by atoms with E-state index in [0.29, 0.717) is 17.7 Å². The van der Waals surface area contributed by atoms with Crippen LogP contribution in [0.1, 0.15) is 58.9 Å². The number of primary amides is 1. The summed E-state index contributed by atoms with van der Waals surface area (Å²) in [6.07, 6.45) is 1.49. The predicted molar refractivity (Wildman–Crippen MR) is 201 cm³/mol. The summed E-state index contributed by atoms with van der Waals surface area (Å²) in [7, 11) is 0. The molecule has 6 atom stereocenters. The van der Waals surface area contributed by atoms with E-state index in [4.69, 9.17) is 16.6 Å². The number of hydrogen-bond acceptors (Lipinski definition) is 11. The van der Waals surface area contributed by atoms with E-state index in [0.717, 1.165) is 0 Å². The van der Waals surface area contributed by atoms with Crippen LogP contribution >= 0.6 is 11.8 Å². The number of amides is 7. The first-order valence-electron chi connectivity index (χ1n) is 17.6. The monoisotopic (exact) mass is 780 g/mol. The number of nitrogens with one attached hydrogen (secondary N) is 6. The highest BCUT2D eigenvalue weighted by Crippen LogP contribution is 2.09. The molecule has 12 N–H and O–H groups in total. The molecule has 0 aliphatic heterocycles. The van der Waals surface area contributed by atoms with Crippen molar-refractivity contribution in [3.63, 3.8) is 0 Å². The number of thioether (sulfide) groups is 1. The lowest BCUT2D eigenvalue weighted by Gasteiger charge is -2.27. The summed E-state index contributed by atoms with van der Waals surface area (Å²) < 4.78 is 0. The molecule has 1 unspecified atom stereocenters. The number of carbonyl (C=O) groups is 8. The summed E-state index contributed by atoms with van der Waals surface area (Å²) in [6.45, 7) is 6.04. The SMILES string of the molecule is CSCC[C@H](NC(=O)[C@H](CC(C)C)NC(=O)CCNC(=O)[C@@H](NC(=O)[C@H](Cc1ccccc1)NC(=O)[C@H](CO)NC(=O)C(N)CC(=O)O)C(C)C)C(N)=O. The normalized spacial score (nSPS) is 14.4. The van der Waals surface area contributed by atoms with Gasteiger partial charge in [0.05, 0.1) is 19.1 Å². The molecule has 0 aromatic heterocycles. The van der Waals surface area contributed by atoms with Crippen LogP contribution in [0.4, 0.5) is 0 Å². The van der Waals surface area contributed by atoms with E-state index in [-0.39, 0.29) is 31.7 Å². The number of carbonyl (C=O) groups excluding carboxylic acids is 7. The Kier molecular flexibility index (Phi) is 21.5. The molecule has 7 amide bonds. The van der Waals surface area contributed by atoms with Crippen LogP contribution in [0.3, 0.4) is 0 Å². The van der Waals surface area contributed by atoms with Gasteiger partial charge in [-0.3, -0.25) is 38.4 Å².